The first-order valence-corrected chi connectivity index (χ1v) is 13.7. The largest absolute Gasteiger partial charge is 0.445 e. The minimum absolute atomic E-state index is 0.343. The highest BCUT2D eigenvalue weighted by Crippen LogP contribution is 2.35. The lowest BCUT2D eigenvalue weighted by molar-refractivity contribution is -0.234. The topological polar surface area (TPSA) is 109 Å². The first-order valence-electron chi connectivity index (χ1n) is 12.9. The summed E-state index contributed by atoms with van der Waals surface area (Å²) in [6.45, 7) is 2.25. The normalized spacial score (nSPS) is 24.6. The highest BCUT2D eigenvalue weighted by molar-refractivity contribution is 7.14. The van der Waals surface area contributed by atoms with Crippen LogP contribution in [0.1, 0.15) is 16.0 Å². The Hall–Kier alpha value is -3.60. The molecule has 0 saturated carbocycles. The Morgan fingerprint density at radius 2 is 1.85 bits per heavy atom. The molecule has 0 aliphatic carbocycles. The van der Waals surface area contributed by atoms with E-state index in [-0.39, 0.29) is 0 Å². The number of ether oxygens (including phenoxy) is 2. The molecule has 8 nitrogen and oxygen atoms in total. The van der Waals surface area contributed by atoms with Gasteiger partial charge in [-0.05, 0) is 35.4 Å². The summed E-state index contributed by atoms with van der Waals surface area (Å²) in [5.74, 6) is 0.343. The van der Waals surface area contributed by atoms with Crippen LogP contribution in [0.2, 0.25) is 0 Å². The molecule has 3 N–H and O–H groups in total. The molecule has 3 aromatic carbocycles. The molecule has 0 spiro atoms. The molecule has 9 heteroatoms. The molecule has 198 valence electrons. The number of hydrogen-bond donors (Lipinski definition) is 3. The maximum atomic E-state index is 10.6. The Morgan fingerprint density at radius 1 is 1.00 bits per heavy atom. The SMILES string of the molecule is Cc1cnc(-c2ccc3c(C4=N[C@@H]5C(O)[C@H](O)[C@@H](CO)O[C@@H]5O4)cn(Cc4ccc5ccccc5c4)c3c2)s1. The number of aromatic nitrogens is 2. The maximum absolute atomic E-state index is 10.6. The summed E-state index contributed by atoms with van der Waals surface area (Å²) in [6, 6.07) is 20.2. The molecule has 1 unspecified atom stereocenters. The van der Waals surface area contributed by atoms with Crippen molar-refractivity contribution in [2.45, 2.75) is 44.1 Å². The number of aryl methyl sites for hydroxylation is 1. The molecular weight excluding hydrogens is 514 g/mol. The van der Waals surface area contributed by atoms with E-state index < -0.39 is 37.3 Å². The average molecular weight is 542 g/mol. The number of aliphatic hydroxyl groups excluding tert-OH is 3. The van der Waals surface area contributed by atoms with Crippen molar-refractivity contribution >= 4 is 38.9 Å². The van der Waals surface area contributed by atoms with Crippen LogP contribution in [0.15, 0.2) is 78.0 Å². The zero-order valence-corrected chi connectivity index (χ0v) is 22.0. The van der Waals surface area contributed by atoms with E-state index >= 15 is 0 Å². The number of fused-ring (bicyclic) bond motifs is 3. The van der Waals surface area contributed by atoms with Crippen molar-refractivity contribution in [1.29, 1.82) is 0 Å². The molecule has 1 saturated heterocycles. The molecule has 4 heterocycles. The molecule has 2 aliphatic heterocycles. The predicted octanol–water partition coefficient (Wildman–Crippen LogP) is 3.86. The fourth-order valence-electron chi connectivity index (χ4n) is 5.46. The van der Waals surface area contributed by atoms with Gasteiger partial charge in [-0.2, -0.15) is 0 Å². The second-order valence-electron chi connectivity index (χ2n) is 10.1. The van der Waals surface area contributed by atoms with Gasteiger partial charge in [0, 0.05) is 40.3 Å². The molecule has 0 bridgehead atoms. The zero-order valence-electron chi connectivity index (χ0n) is 21.1. The highest BCUT2D eigenvalue weighted by atomic mass is 32.1. The predicted molar refractivity (Wildman–Crippen MR) is 150 cm³/mol. The van der Waals surface area contributed by atoms with Gasteiger partial charge < -0.3 is 29.4 Å². The molecule has 0 amide bonds. The lowest BCUT2D eigenvalue weighted by Crippen LogP contribution is -2.56. The lowest BCUT2D eigenvalue weighted by Gasteiger charge is -2.36. The molecule has 5 atom stereocenters. The standard InChI is InChI=1S/C30H27N3O5S/c1-16-12-31-29(39-16)20-8-9-21-22(28-32-25-27(36)26(35)24(15-34)37-30(25)38-28)14-33(23(21)11-20)13-17-6-7-18-4-2-3-5-19(18)10-17/h2-12,14,24-27,30,34-36H,13,15H2,1H3/t24-,25-,26-,27?,30-/m1/s1. The molecule has 2 aromatic heterocycles. The third-order valence-corrected chi connectivity index (χ3v) is 8.45. The van der Waals surface area contributed by atoms with Crippen molar-refractivity contribution in [3.63, 3.8) is 0 Å². The zero-order chi connectivity index (χ0) is 26.7. The van der Waals surface area contributed by atoms with Gasteiger partial charge in [-0.3, -0.25) is 0 Å². The van der Waals surface area contributed by atoms with E-state index in [9.17, 15) is 15.3 Å². The van der Waals surface area contributed by atoms with Gasteiger partial charge in [0.25, 0.3) is 0 Å². The quantitative estimate of drug-likeness (QED) is 0.312. The van der Waals surface area contributed by atoms with E-state index in [1.165, 1.54) is 10.8 Å². The van der Waals surface area contributed by atoms with Gasteiger partial charge in [-0.25, -0.2) is 9.98 Å². The van der Waals surface area contributed by atoms with Crippen molar-refractivity contribution in [3.05, 3.63) is 89.1 Å². The van der Waals surface area contributed by atoms with Crippen molar-refractivity contribution < 1.29 is 24.8 Å². The molecule has 0 radical (unpaired) electrons. The Balaban J connectivity index is 1.32. The van der Waals surface area contributed by atoms with Gasteiger partial charge in [0.15, 0.2) is 0 Å². The molecule has 2 aliphatic rings. The van der Waals surface area contributed by atoms with E-state index in [2.05, 4.69) is 50.9 Å². The van der Waals surface area contributed by atoms with Gasteiger partial charge in [-0.15, -0.1) is 11.3 Å². The number of aliphatic imine (C=N–C) groups is 1. The smallest absolute Gasteiger partial charge is 0.227 e. The average Bonchev–Trinajstić information content (AvgIpc) is 3.67. The van der Waals surface area contributed by atoms with Gasteiger partial charge >= 0.3 is 0 Å². The monoisotopic (exact) mass is 541 g/mol. The van der Waals surface area contributed by atoms with E-state index in [1.807, 2.05) is 43.6 Å². The van der Waals surface area contributed by atoms with Crippen LogP contribution in [0.3, 0.4) is 0 Å². The lowest BCUT2D eigenvalue weighted by atomic mass is 9.98. The molecular formula is C30H27N3O5S. The molecule has 5 aromatic rings. The van der Waals surface area contributed by atoms with Crippen LogP contribution < -0.4 is 0 Å². The fraction of sp³-hybridized carbons (Fsp3) is 0.267. The van der Waals surface area contributed by atoms with Gasteiger partial charge in [-0.1, -0.05) is 48.5 Å². The minimum Gasteiger partial charge on any atom is -0.445 e. The number of hydrogen-bond acceptors (Lipinski definition) is 8. The van der Waals surface area contributed by atoms with Crippen molar-refractivity contribution in [2.24, 2.45) is 4.99 Å². The number of rotatable bonds is 5. The number of thiazole rings is 1. The number of nitrogens with zero attached hydrogens (tertiary/aromatic N) is 3. The Kier molecular flexibility index (Phi) is 5.98. The maximum Gasteiger partial charge on any atom is 0.227 e. The van der Waals surface area contributed by atoms with Crippen LogP contribution in [-0.2, 0) is 16.0 Å². The summed E-state index contributed by atoms with van der Waals surface area (Å²) in [4.78, 5) is 10.4. The number of aliphatic hydroxyl groups is 3. The van der Waals surface area contributed by atoms with Gasteiger partial charge in [0.2, 0.25) is 12.2 Å². The third-order valence-electron chi connectivity index (χ3n) is 7.49. The summed E-state index contributed by atoms with van der Waals surface area (Å²) in [6.07, 6.45) is -0.377. The van der Waals surface area contributed by atoms with Crippen LogP contribution in [0, 0.1) is 6.92 Å². The minimum atomic E-state index is -1.25. The molecule has 39 heavy (non-hydrogen) atoms. The van der Waals surface area contributed by atoms with E-state index in [4.69, 9.17) is 9.47 Å². The summed E-state index contributed by atoms with van der Waals surface area (Å²) in [5, 5.41) is 34.8. The fourth-order valence-corrected chi connectivity index (χ4v) is 6.22. The van der Waals surface area contributed by atoms with Crippen LogP contribution in [0.4, 0.5) is 0 Å². The highest BCUT2D eigenvalue weighted by Gasteiger charge is 2.49. The summed E-state index contributed by atoms with van der Waals surface area (Å²) >= 11 is 1.65. The van der Waals surface area contributed by atoms with Gasteiger partial charge in [0.05, 0.1) is 12.2 Å². The first-order chi connectivity index (χ1) is 19.0. The van der Waals surface area contributed by atoms with E-state index in [0.717, 1.165) is 37.5 Å². The second-order valence-corrected chi connectivity index (χ2v) is 11.3. The first kappa shape index (κ1) is 24.4. The number of benzene rings is 3. The van der Waals surface area contributed by atoms with Crippen molar-refractivity contribution in [2.75, 3.05) is 6.61 Å². The van der Waals surface area contributed by atoms with E-state index in [1.54, 1.807) is 11.3 Å². The van der Waals surface area contributed by atoms with Crippen LogP contribution >= 0.6 is 11.3 Å². The summed E-state index contributed by atoms with van der Waals surface area (Å²) in [7, 11) is 0. The third kappa shape index (κ3) is 4.23. The van der Waals surface area contributed by atoms with E-state index in [0.29, 0.717) is 12.4 Å². The molecule has 7 rings (SSSR count). The Bertz CT molecular complexity index is 1730. The second kappa shape index (κ2) is 9.55. The molecule has 1 fully saturated rings. The van der Waals surface area contributed by atoms with Crippen LogP contribution in [-0.4, -0.2) is 68.0 Å². The summed E-state index contributed by atoms with van der Waals surface area (Å²) < 4.78 is 14.0. The van der Waals surface area contributed by atoms with Crippen molar-refractivity contribution in [3.8, 4) is 10.6 Å². The Morgan fingerprint density at radius 3 is 2.64 bits per heavy atom. The van der Waals surface area contributed by atoms with Crippen LogP contribution in [0.25, 0.3) is 32.2 Å². The van der Waals surface area contributed by atoms with Gasteiger partial charge in [0.1, 0.15) is 29.4 Å². The Labute approximate surface area is 228 Å². The van der Waals surface area contributed by atoms with Crippen molar-refractivity contribution in [1.82, 2.24) is 9.55 Å². The summed E-state index contributed by atoms with van der Waals surface area (Å²) in [5.41, 5.74) is 3.95. The van der Waals surface area contributed by atoms with Crippen LogP contribution in [0.5, 0.6) is 0 Å².